The number of nitrogens with zero attached hydrogens (tertiary/aromatic N) is 2. The summed E-state index contributed by atoms with van der Waals surface area (Å²) < 4.78 is 0. The predicted molar refractivity (Wildman–Crippen MR) is 76.4 cm³/mol. The lowest BCUT2D eigenvalue weighted by Gasteiger charge is -2.14. The Kier molecular flexibility index (Phi) is 4.49. The molecule has 2 heterocycles. The fourth-order valence-electron chi connectivity index (χ4n) is 2.14. The lowest BCUT2D eigenvalue weighted by molar-refractivity contribution is 0.0691. The predicted octanol–water partition coefficient (Wildman–Crippen LogP) is 1.51. The zero-order valence-electron chi connectivity index (χ0n) is 11.5. The number of urea groups is 1. The van der Waals surface area contributed by atoms with Crippen LogP contribution in [0.15, 0.2) is 11.1 Å². The highest BCUT2D eigenvalue weighted by Crippen LogP contribution is 2.24. The lowest BCUT2D eigenvalue weighted by atomic mass is 10.1. The van der Waals surface area contributed by atoms with Gasteiger partial charge < -0.3 is 15.3 Å². The monoisotopic (exact) mass is 295 g/mol. The van der Waals surface area contributed by atoms with E-state index in [4.69, 9.17) is 0 Å². The van der Waals surface area contributed by atoms with Gasteiger partial charge in [-0.3, -0.25) is 0 Å². The Labute approximate surface area is 121 Å². The van der Waals surface area contributed by atoms with Crippen molar-refractivity contribution < 1.29 is 14.7 Å². The molecule has 1 fully saturated rings. The smallest absolute Gasteiger partial charge is 0.338 e. The Morgan fingerprint density at radius 2 is 2.30 bits per heavy atom. The van der Waals surface area contributed by atoms with Crippen LogP contribution >= 0.6 is 11.8 Å². The Hall–Kier alpha value is -1.76. The van der Waals surface area contributed by atoms with Gasteiger partial charge in [-0.05, 0) is 25.5 Å². The van der Waals surface area contributed by atoms with E-state index >= 15 is 0 Å². The molecule has 108 valence electrons. The third kappa shape index (κ3) is 3.22. The van der Waals surface area contributed by atoms with Gasteiger partial charge in [0.15, 0.2) is 0 Å². The van der Waals surface area contributed by atoms with E-state index in [2.05, 4.69) is 10.3 Å². The number of carboxylic acid groups (broad SMARTS) is 1. The number of rotatable bonds is 5. The highest BCUT2D eigenvalue weighted by Gasteiger charge is 2.20. The lowest BCUT2D eigenvalue weighted by Crippen LogP contribution is -2.30. The number of hydrogen-bond acceptors (Lipinski definition) is 4. The van der Waals surface area contributed by atoms with Gasteiger partial charge >= 0.3 is 12.0 Å². The quantitative estimate of drug-likeness (QED) is 0.805. The fourth-order valence-corrected chi connectivity index (χ4v) is 3.25. The third-order valence-electron chi connectivity index (χ3n) is 3.07. The van der Waals surface area contributed by atoms with Crippen LogP contribution in [0.3, 0.4) is 0 Å². The molecule has 1 saturated heterocycles. The van der Waals surface area contributed by atoms with E-state index in [9.17, 15) is 14.7 Å². The number of aromatic carboxylic acids is 1. The summed E-state index contributed by atoms with van der Waals surface area (Å²) in [6.45, 7) is 5.58. The minimum absolute atomic E-state index is 0.0579. The van der Waals surface area contributed by atoms with E-state index in [0.717, 1.165) is 5.69 Å². The second-order valence-electron chi connectivity index (χ2n) is 4.63. The van der Waals surface area contributed by atoms with Gasteiger partial charge in [0.1, 0.15) is 5.03 Å². The van der Waals surface area contributed by atoms with E-state index in [1.54, 1.807) is 17.9 Å². The number of thioether (sulfide) groups is 1. The first-order chi connectivity index (χ1) is 9.49. The van der Waals surface area contributed by atoms with Gasteiger partial charge in [-0.1, -0.05) is 0 Å². The molecule has 1 aromatic rings. The van der Waals surface area contributed by atoms with Crippen molar-refractivity contribution >= 4 is 23.8 Å². The number of carbonyl (C=O) groups is 2. The molecule has 1 aliphatic heterocycles. The minimum Gasteiger partial charge on any atom is -0.478 e. The van der Waals surface area contributed by atoms with Gasteiger partial charge in [0.25, 0.3) is 0 Å². The summed E-state index contributed by atoms with van der Waals surface area (Å²) in [5.41, 5.74) is 1.77. The third-order valence-corrected chi connectivity index (χ3v) is 4.03. The van der Waals surface area contributed by atoms with Crippen LogP contribution in [0.1, 0.15) is 21.6 Å². The largest absolute Gasteiger partial charge is 0.478 e. The van der Waals surface area contributed by atoms with Gasteiger partial charge in [-0.25, -0.2) is 14.6 Å². The topological polar surface area (TPSA) is 82.5 Å². The number of hydrogen-bond donors (Lipinski definition) is 2. The van der Waals surface area contributed by atoms with Crippen LogP contribution in [-0.2, 0) is 0 Å². The van der Waals surface area contributed by atoms with Crippen molar-refractivity contribution in [3.05, 3.63) is 22.9 Å². The molecular weight excluding hydrogens is 278 g/mol. The van der Waals surface area contributed by atoms with E-state index in [1.165, 1.54) is 11.8 Å². The zero-order valence-corrected chi connectivity index (χ0v) is 12.3. The first kappa shape index (κ1) is 14.6. The summed E-state index contributed by atoms with van der Waals surface area (Å²) >= 11 is 1.38. The summed E-state index contributed by atoms with van der Waals surface area (Å²) in [7, 11) is 0. The van der Waals surface area contributed by atoms with Crippen molar-refractivity contribution in [1.82, 2.24) is 15.2 Å². The number of carbonyl (C=O) groups excluding carboxylic acids is 1. The van der Waals surface area contributed by atoms with Gasteiger partial charge in [0.05, 0.1) is 5.56 Å². The molecule has 2 N–H and O–H groups in total. The molecule has 0 atom stereocenters. The molecule has 1 aromatic heterocycles. The van der Waals surface area contributed by atoms with Crippen LogP contribution in [0.2, 0.25) is 0 Å². The van der Waals surface area contributed by atoms with Gasteiger partial charge in [-0.15, -0.1) is 11.8 Å². The highest BCUT2D eigenvalue weighted by atomic mass is 32.2. The molecule has 6 nitrogen and oxygen atoms in total. The molecule has 0 unspecified atom stereocenters. The second-order valence-corrected chi connectivity index (χ2v) is 5.72. The second kappa shape index (κ2) is 6.13. The summed E-state index contributed by atoms with van der Waals surface area (Å²) in [5, 5.41) is 12.5. The molecule has 7 heteroatoms. The van der Waals surface area contributed by atoms with Crippen molar-refractivity contribution in [1.29, 1.82) is 0 Å². The average molecular weight is 295 g/mol. The number of aryl methyl sites for hydroxylation is 2. The van der Waals surface area contributed by atoms with Gasteiger partial charge in [0, 0.05) is 31.1 Å². The van der Waals surface area contributed by atoms with Crippen molar-refractivity contribution in [2.75, 3.05) is 25.4 Å². The minimum atomic E-state index is -0.962. The Morgan fingerprint density at radius 1 is 1.55 bits per heavy atom. The Balaban J connectivity index is 2.05. The molecule has 0 aliphatic carbocycles. The fraction of sp³-hybridized carbons (Fsp3) is 0.462. The maximum absolute atomic E-state index is 11.4. The average Bonchev–Trinajstić information content (AvgIpc) is 2.73. The standard InChI is InChI=1S/C13H17N3O3S/c1-8-7-9(2)15-11(10(8)12(17)18)20-6-5-16-4-3-14-13(16)19/h7H,3-6H2,1-2H3,(H,14,19)(H,17,18). The zero-order chi connectivity index (χ0) is 14.7. The van der Waals surface area contributed by atoms with Crippen molar-refractivity contribution in [2.45, 2.75) is 18.9 Å². The molecule has 2 rings (SSSR count). The number of aromatic nitrogens is 1. The number of carboxylic acids is 1. The normalized spacial score (nSPS) is 14.5. The van der Waals surface area contributed by atoms with Crippen LogP contribution < -0.4 is 5.32 Å². The molecule has 0 aromatic carbocycles. The van der Waals surface area contributed by atoms with Crippen LogP contribution in [0, 0.1) is 13.8 Å². The maximum Gasteiger partial charge on any atom is 0.338 e. The number of pyridine rings is 1. The van der Waals surface area contributed by atoms with Gasteiger partial charge in [-0.2, -0.15) is 0 Å². The summed E-state index contributed by atoms with van der Waals surface area (Å²) in [6, 6.07) is 1.71. The number of nitrogens with one attached hydrogen (secondary N) is 1. The molecule has 20 heavy (non-hydrogen) atoms. The SMILES string of the molecule is Cc1cc(C)c(C(=O)O)c(SCCN2CCNC2=O)n1. The molecule has 0 saturated carbocycles. The van der Waals surface area contributed by atoms with Crippen molar-refractivity contribution in [3.8, 4) is 0 Å². The first-order valence-corrected chi connectivity index (χ1v) is 7.34. The highest BCUT2D eigenvalue weighted by molar-refractivity contribution is 7.99. The van der Waals surface area contributed by atoms with Crippen LogP contribution in [-0.4, -0.2) is 52.4 Å². The van der Waals surface area contributed by atoms with E-state index in [0.29, 0.717) is 36.0 Å². The summed E-state index contributed by atoms with van der Waals surface area (Å²) in [5.74, 6) is -0.333. The van der Waals surface area contributed by atoms with Crippen LogP contribution in [0.5, 0.6) is 0 Å². The molecular formula is C13H17N3O3S. The first-order valence-electron chi connectivity index (χ1n) is 6.36. The molecule has 0 bridgehead atoms. The summed E-state index contributed by atoms with van der Waals surface area (Å²) in [4.78, 5) is 28.7. The summed E-state index contributed by atoms with van der Waals surface area (Å²) in [6.07, 6.45) is 0. The molecule has 1 aliphatic rings. The van der Waals surface area contributed by atoms with E-state index < -0.39 is 5.97 Å². The van der Waals surface area contributed by atoms with Crippen LogP contribution in [0.4, 0.5) is 4.79 Å². The van der Waals surface area contributed by atoms with Crippen molar-refractivity contribution in [2.24, 2.45) is 0 Å². The Morgan fingerprint density at radius 3 is 2.90 bits per heavy atom. The maximum atomic E-state index is 11.4. The van der Waals surface area contributed by atoms with E-state index in [1.807, 2.05) is 6.92 Å². The molecule has 0 spiro atoms. The van der Waals surface area contributed by atoms with E-state index in [-0.39, 0.29) is 11.6 Å². The molecule has 2 amide bonds. The Bertz CT molecular complexity index is 548. The number of amides is 2. The molecule has 0 radical (unpaired) electrons. The van der Waals surface area contributed by atoms with Crippen molar-refractivity contribution in [3.63, 3.8) is 0 Å². The van der Waals surface area contributed by atoms with Crippen LogP contribution in [0.25, 0.3) is 0 Å². The van der Waals surface area contributed by atoms with Gasteiger partial charge in [0.2, 0.25) is 0 Å².